The lowest BCUT2D eigenvalue weighted by atomic mass is 10.0. The first kappa shape index (κ1) is 14.3. The molecule has 1 aromatic rings. The number of anilines is 3. The maximum atomic E-state index is 5.52. The van der Waals surface area contributed by atoms with Crippen LogP contribution >= 0.6 is 0 Å². The van der Waals surface area contributed by atoms with E-state index in [0.717, 1.165) is 32.5 Å². The molecule has 21 heavy (non-hydrogen) atoms. The summed E-state index contributed by atoms with van der Waals surface area (Å²) in [6.07, 6.45) is 2.29. The van der Waals surface area contributed by atoms with Crippen molar-refractivity contribution >= 4 is 17.8 Å². The van der Waals surface area contributed by atoms with Crippen molar-refractivity contribution in [3.63, 3.8) is 0 Å². The maximum absolute atomic E-state index is 5.52. The second-order valence-electron chi connectivity index (χ2n) is 6.07. The zero-order chi connectivity index (χ0) is 14.9. The summed E-state index contributed by atoms with van der Waals surface area (Å²) in [5.41, 5.74) is 2.62. The first-order valence-electron chi connectivity index (χ1n) is 7.43. The lowest BCUT2D eigenvalue weighted by Crippen LogP contribution is -2.41. The molecule has 0 spiro atoms. The minimum absolute atomic E-state index is 0.0650. The van der Waals surface area contributed by atoms with Crippen molar-refractivity contribution in [1.82, 2.24) is 15.0 Å². The zero-order valence-electron chi connectivity index (χ0n) is 12.7. The lowest BCUT2D eigenvalue weighted by molar-refractivity contribution is 0.122. The van der Waals surface area contributed by atoms with Gasteiger partial charge >= 0.3 is 0 Å². The van der Waals surface area contributed by atoms with E-state index in [1.807, 2.05) is 0 Å². The smallest absolute Gasteiger partial charge is 0.243 e. The first-order valence-corrected chi connectivity index (χ1v) is 7.43. The molecule has 3 N–H and O–H groups in total. The van der Waals surface area contributed by atoms with Crippen molar-refractivity contribution in [3.8, 4) is 0 Å². The number of aromatic nitrogens is 3. The minimum atomic E-state index is 0.0650. The summed E-state index contributed by atoms with van der Waals surface area (Å²) in [7, 11) is 0. The fraction of sp³-hybridized carbons (Fsp3) is 0.769. The van der Waals surface area contributed by atoms with Crippen LogP contribution in [0.15, 0.2) is 0 Å². The average Bonchev–Trinajstić information content (AvgIpc) is 2.87. The summed E-state index contributed by atoms with van der Waals surface area (Å²) in [4.78, 5) is 17.8. The van der Waals surface area contributed by atoms with E-state index >= 15 is 0 Å². The highest BCUT2D eigenvalue weighted by atomic mass is 16.5. The third-order valence-electron chi connectivity index (χ3n) is 4.18. The van der Waals surface area contributed by atoms with Crippen LogP contribution in [0, 0.1) is 0 Å². The standard InChI is InChI=1S/C13H23N7O/c1-13(2)4-3-5-20(13)12-16-10(18-14)15-11(17-12)19-6-8-21-9-7-19/h3-9,14H2,1-2H3,(H,15,16,17,18). The third kappa shape index (κ3) is 2.86. The van der Waals surface area contributed by atoms with E-state index in [1.165, 1.54) is 0 Å². The van der Waals surface area contributed by atoms with E-state index in [1.54, 1.807) is 0 Å². The van der Waals surface area contributed by atoms with Crippen molar-refractivity contribution < 1.29 is 4.74 Å². The fourth-order valence-corrected chi connectivity index (χ4v) is 2.92. The summed E-state index contributed by atoms with van der Waals surface area (Å²) in [6.45, 7) is 8.36. The van der Waals surface area contributed by atoms with E-state index in [9.17, 15) is 0 Å². The Morgan fingerprint density at radius 2 is 1.81 bits per heavy atom. The summed E-state index contributed by atoms with van der Waals surface area (Å²) < 4.78 is 5.38. The van der Waals surface area contributed by atoms with Crippen LogP contribution in [0.4, 0.5) is 17.8 Å². The van der Waals surface area contributed by atoms with E-state index < -0.39 is 0 Å². The minimum Gasteiger partial charge on any atom is -0.378 e. The monoisotopic (exact) mass is 293 g/mol. The van der Waals surface area contributed by atoms with Gasteiger partial charge in [0.05, 0.1) is 13.2 Å². The van der Waals surface area contributed by atoms with Gasteiger partial charge in [-0.25, -0.2) is 5.84 Å². The molecular weight excluding hydrogens is 270 g/mol. The van der Waals surface area contributed by atoms with Gasteiger partial charge in [0.2, 0.25) is 17.8 Å². The zero-order valence-corrected chi connectivity index (χ0v) is 12.7. The summed E-state index contributed by atoms with van der Waals surface area (Å²) in [5, 5.41) is 0. The Hall–Kier alpha value is -1.67. The average molecular weight is 293 g/mol. The molecule has 3 rings (SSSR count). The third-order valence-corrected chi connectivity index (χ3v) is 4.18. The number of nitrogen functional groups attached to an aromatic ring is 1. The van der Waals surface area contributed by atoms with Gasteiger partial charge in [0.25, 0.3) is 0 Å². The largest absolute Gasteiger partial charge is 0.378 e. The Labute approximate surface area is 124 Å². The van der Waals surface area contributed by atoms with E-state index in [2.05, 4.69) is 44.0 Å². The first-order chi connectivity index (χ1) is 10.1. The number of hydrazine groups is 1. The Kier molecular flexibility index (Phi) is 3.81. The number of hydrogen-bond acceptors (Lipinski definition) is 8. The van der Waals surface area contributed by atoms with Crippen LogP contribution in [-0.4, -0.2) is 53.3 Å². The maximum Gasteiger partial charge on any atom is 0.243 e. The van der Waals surface area contributed by atoms with Gasteiger partial charge in [0.15, 0.2) is 0 Å². The van der Waals surface area contributed by atoms with Gasteiger partial charge < -0.3 is 14.5 Å². The molecule has 0 radical (unpaired) electrons. The van der Waals surface area contributed by atoms with Crippen LogP contribution < -0.4 is 21.1 Å². The van der Waals surface area contributed by atoms with E-state index in [4.69, 9.17) is 10.6 Å². The molecule has 0 bridgehead atoms. The molecule has 2 saturated heterocycles. The Bertz CT molecular complexity index is 501. The number of morpholine rings is 1. The molecule has 0 aliphatic carbocycles. The highest BCUT2D eigenvalue weighted by molar-refractivity contribution is 5.47. The van der Waals surface area contributed by atoms with Gasteiger partial charge in [-0.3, -0.25) is 5.43 Å². The van der Waals surface area contributed by atoms with Crippen LogP contribution in [-0.2, 0) is 4.74 Å². The Morgan fingerprint density at radius 1 is 1.10 bits per heavy atom. The molecule has 8 heteroatoms. The molecule has 0 atom stereocenters. The van der Waals surface area contributed by atoms with Crippen LogP contribution in [0.25, 0.3) is 0 Å². The SMILES string of the molecule is CC1(C)CCCN1c1nc(NN)nc(N2CCOCC2)n1. The molecule has 0 unspecified atom stereocenters. The van der Waals surface area contributed by atoms with Gasteiger partial charge in [0.1, 0.15) is 0 Å². The van der Waals surface area contributed by atoms with Gasteiger partial charge in [-0.05, 0) is 26.7 Å². The highest BCUT2D eigenvalue weighted by Gasteiger charge is 2.34. The van der Waals surface area contributed by atoms with Crippen molar-refractivity contribution in [2.75, 3.05) is 48.1 Å². The second kappa shape index (κ2) is 5.61. The number of ether oxygens (including phenoxy) is 1. The number of rotatable bonds is 3. The predicted octanol–water partition coefficient (Wildman–Crippen LogP) is 0.373. The summed E-state index contributed by atoms with van der Waals surface area (Å²) in [6, 6.07) is 0. The van der Waals surface area contributed by atoms with Crippen molar-refractivity contribution in [1.29, 1.82) is 0 Å². The molecule has 2 fully saturated rings. The quantitative estimate of drug-likeness (QED) is 0.610. The summed E-state index contributed by atoms with van der Waals surface area (Å²) >= 11 is 0. The molecule has 2 aliphatic rings. The lowest BCUT2D eigenvalue weighted by Gasteiger charge is -2.33. The number of nitrogens with two attached hydrogens (primary N) is 1. The number of nitrogens with zero attached hydrogens (tertiary/aromatic N) is 5. The van der Waals surface area contributed by atoms with Crippen LogP contribution in [0.2, 0.25) is 0 Å². The van der Waals surface area contributed by atoms with Crippen molar-refractivity contribution in [2.24, 2.45) is 5.84 Å². The molecule has 0 amide bonds. The molecule has 0 saturated carbocycles. The van der Waals surface area contributed by atoms with Crippen LogP contribution in [0.5, 0.6) is 0 Å². The number of hydrogen-bond donors (Lipinski definition) is 2. The molecule has 1 aromatic heterocycles. The highest BCUT2D eigenvalue weighted by Crippen LogP contribution is 2.32. The van der Waals surface area contributed by atoms with Crippen molar-refractivity contribution in [3.05, 3.63) is 0 Å². The summed E-state index contributed by atoms with van der Waals surface area (Å²) in [5.74, 6) is 7.29. The van der Waals surface area contributed by atoms with Gasteiger partial charge in [-0.1, -0.05) is 0 Å². The number of nitrogens with one attached hydrogen (secondary N) is 1. The fourth-order valence-electron chi connectivity index (χ4n) is 2.92. The van der Waals surface area contributed by atoms with E-state index in [0.29, 0.717) is 31.1 Å². The predicted molar refractivity (Wildman–Crippen MR) is 81.3 cm³/mol. The molecular formula is C13H23N7O. The molecule has 2 aliphatic heterocycles. The van der Waals surface area contributed by atoms with Crippen molar-refractivity contribution in [2.45, 2.75) is 32.2 Å². The Morgan fingerprint density at radius 3 is 2.43 bits per heavy atom. The van der Waals surface area contributed by atoms with Gasteiger partial charge in [0, 0.05) is 25.2 Å². The molecule has 8 nitrogen and oxygen atoms in total. The Balaban J connectivity index is 1.93. The molecule has 3 heterocycles. The van der Waals surface area contributed by atoms with Gasteiger partial charge in [-0.15, -0.1) is 0 Å². The second-order valence-corrected chi connectivity index (χ2v) is 6.07. The molecule has 116 valence electrons. The molecule has 0 aromatic carbocycles. The van der Waals surface area contributed by atoms with Crippen LogP contribution in [0.1, 0.15) is 26.7 Å². The topological polar surface area (TPSA) is 92.4 Å². The van der Waals surface area contributed by atoms with Crippen LogP contribution in [0.3, 0.4) is 0 Å². The normalized spacial score (nSPS) is 21.7. The van der Waals surface area contributed by atoms with Gasteiger partial charge in [-0.2, -0.15) is 15.0 Å². The van der Waals surface area contributed by atoms with E-state index in [-0.39, 0.29) is 5.54 Å².